The standard InChI is InChI=1S/C26H32ClN3O3S/c1-21-11-14-30(15-12-21)34(32,33)23-9-10-25(27)24(20-23)26(31)29-18-16-28(17-19-29)13-5-8-22-6-3-2-4-7-22/h2-10,20-21H,11-19H2,1H3/b8-5+. The van der Waals surface area contributed by atoms with Crippen molar-refractivity contribution in [1.82, 2.24) is 14.1 Å². The van der Waals surface area contributed by atoms with Gasteiger partial charge in [0.15, 0.2) is 0 Å². The van der Waals surface area contributed by atoms with Gasteiger partial charge in [0, 0.05) is 45.8 Å². The van der Waals surface area contributed by atoms with Gasteiger partial charge in [-0.15, -0.1) is 0 Å². The van der Waals surface area contributed by atoms with Gasteiger partial charge in [0.05, 0.1) is 15.5 Å². The van der Waals surface area contributed by atoms with Crippen molar-refractivity contribution in [2.24, 2.45) is 5.92 Å². The predicted octanol–water partition coefficient (Wildman–Crippen LogP) is 4.23. The number of hydrogen-bond donors (Lipinski definition) is 0. The largest absolute Gasteiger partial charge is 0.336 e. The first-order chi connectivity index (χ1) is 16.3. The van der Waals surface area contributed by atoms with E-state index in [-0.39, 0.29) is 21.4 Å². The molecule has 0 unspecified atom stereocenters. The number of amides is 1. The number of nitrogens with zero attached hydrogens (tertiary/aromatic N) is 3. The number of hydrogen-bond acceptors (Lipinski definition) is 4. The van der Waals surface area contributed by atoms with Crippen LogP contribution in [0.15, 0.2) is 59.5 Å². The van der Waals surface area contributed by atoms with Crippen LogP contribution in [0.2, 0.25) is 5.02 Å². The van der Waals surface area contributed by atoms with Gasteiger partial charge in [0.25, 0.3) is 5.91 Å². The van der Waals surface area contributed by atoms with Crippen molar-refractivity contribution in [2.45, 2.75) is 24.7 Å². The Morgan fingerprint density at radius 3 is 2.35 bits per heavy atom. The number of piperazine rings is 1. The summed E-state index contributed by atoms with van der Waals surface area (Å²) in [5.41, 5.74) is 1.42. The molecule has 4 rings (SSSR count). The Morgan fingerprint density at radius 2 is 1.68 bits per heavy atom. The van der Waals surface area contributed by atoms with Gasteiger partial charge in [-0.25, -0.2) is 8.42 Å². The highest BCUT2D eigenvalue weighted by Crippen LogP contribution is 2.27. The smallest absolute Gasteiger partial charge is 0.255 e. The Hall–Kier alpha value is -2.19. The number of sulfonamides is 1. The van der Waals surface area contributed by atoms with Gasteiger partial charge >= 0.3 is 0 Å². The van der Waals surface area contributed by atoms with Gasteiger partial charge in [0.2, 0.25) is 10.0 Å². The summed E-state index contributed by atoms with van der Waals surface area (Å²) in [6.07, 6.45) is 5.94. The molecule has 2 aliphatic heterocycles. The molecule has 0 saturated carbocycles. The highest BCUT2D eigenvalue weighted by Gasteiger charge is 2.30. The summed E-state index contributed by atoms with van der Waals surface area (Å²) >= 11 is 6.35. The maximum Gasteiger partial charge on any atom is 0.255 e. The zero-order chi connectivity index (χ0) is 24.1. The van der Waals surface area contributed by atoms with Crippen molar-refractivity contribution < 1.29 is 13.2 Å². The minimum atomic E-state index is -3.64. The summed E-state index contributed by atoms with van der Waals surface area (Å²) in [4.78, 5) is 17.4. The molecule has 6 nitrogen and oxygen atoms in total. The van der Waals surface area contributed by atoms with Gasteiger partial charge in [-0.3, -0.25) is 9.69 Å². The number of benzene rings is 2. The Morgan fingerprint density at radius 1 is 1.00 bits per heavy atom. The molecule has 2 heterocycles. The van der Waals surface area contributed by atoms with Crippen molar-refractivity contribution in [3.63, 3.8) is 0 Å². The third-order valence-corrected chi connectivity index (χ3v) is 8.91. The van der Waals surface area contributed by atoms with E-state index < -0.39 is 10.0 Å². The Kier molecular flexibility index (Phi) is 8.09. The number of piperidine rings is 1. The summed E-state index contributed by atoms with van der Waals surface area (Å²) in [6, 6.07) is 14.6. The molecule has 0 atom stereocenters. The molecule has 2 saturated heterocycles. The van der Waals surface area contributed by atoms with E-state index in [0.717, 1.165) is 32.5 Å². The van der Waals surface area contributed by atoms with Crippen molar-refractivity contribution in [3.05, 3.63) is 70.8 Å². The lowest BCUT2D eigenvalue weighted by Crippen LogP contribution is -2.48. The first-order valence-corrected chi connectivity index (χ1v) is 13.7. The normalized spacial score (nSPS) is 19.1. The molecule has 182 valence electrons. The molecule has 0 bridgehead atoms. The van der Waals surface area contributed by atoms with Crippen LogP contribution in [-0.2, 0) is 10.0 Å². The number of rotatable bonds is 6. The van der Waals surface area contributed by atoms with Gasteiger partial charge in [0.1, 0.15) is 0 Å². The van der Waals surface area contributed by atoms with E-state index in [1.165, 1.54) is 28.1 Å². The molecule has 2 aromatic carbocycles. The molecule has 0 spiro atoms. The van der Waals surface area contributed by atoms with Crippen molar-refractivity contribution in [1.29, 1.82) is 0 Å². The van der Waals surface area contributed by atoms with Crippen LogP contribution in [0.3, 0.4) is 0 Å². The van der Waals surface area contributed by atoms with Crippen molar-refractivity contribution in [2.75, 3.05) is 45.8 Å². The molecule has 0 aliphatic carbocycles. The van der Waals surface area contributed by atoms with Crippen LogP contribution in [0.5, 0.6) is 0 Å². The van der Waals surface area contributed by atoms with Crippen LogP contribution in [0.1, 0.15) is 35.7 Å². The Balaban J connectivity index is 1.38. The summed E-state index contributed by atoms with van der Waals surface area (Å²) < 4.78 is 27.8. The molecule has 0 aromatic heterocycles. The highest BCUT2D eigenvalue weighted by molar-refractivity contribution is 7.89. The fourth-order valence-electron chi connectivity index (χ4n) is 4.41. The monoisotopic (exact) mass is 501 g/mol. The van der Waals surface area contributed by atoms with Crippen LogP contribution in [0.25, 0.3) is 6.08 Å². The van der Waals surface area contributed by atoms with Gasteiger partial charge in [-0.05, 0) is 42.5 Å². The number of carbonyl (C=O) groups excluding carboxylic acids is 1. The van der Waals surface area contributed by atoms with Gasteiger partial charge in [-0.1, -0.05) is 61.0 Å². The van der Waals surface area contributed by atoms with Crippen LogP contribution in [0.4, 0.5) is 0 Å². The van der Waals surface area contributed by atoms with E-state index in [4.69, 9.17) is 11.6 Å². The minimum absolute atomic E-state index is 0.138. The zero-order valence-electron chi connectivity index (χ0n) is 19.6. The van der Waals surface area contributed by atoms with E-state index in [2.05, 4.69) is 36.1 Å². The lowest BCUT2D eigenvalue weighted by atomic mass is 10.0. The molecule has 0 radical (unpaired) electrons. The third-order valence-electron chi connectivity index (χ3n) is 6.68. The fourth-order valence-corrected chi connectivity index (χ4v) is 6.10. The summed E-state index contributed by atoms with van der Waals surface area (Å²) in [5.74, 6) is 0.315. The second-order valence-electron chi connectivity index (χ2n) is 9.13. The van der Waals surface area contributed by atoms with Crippen LogP contribution in [0, 0.1) is 5.92 Å². The van der Waals surface area contributed by atoms with Crippen molar-refractivity contribution >= 4 is 33.6 Å². The molecule has 2 fully saturated rings. The van der Waals surface area contributed by atoms with Crippen LogP contribution in [-0.4, -0.2) is 74.2 Å². The van der Waals surface area contributed by atoms with E-state index in [1.807, 2.05) is 18.2 Å². The molecule has 2 aliphatic rings. The first-order valence-electron chi connectivity index (χ1n) is 11.9. The Bertz CT molecular complexity index is 1120. The SMILES string of the molecule is CC1CCN(S(=O)(=O)c2ccc(Cl)c(C(=O)N3CCN(C/C=C/c4ccccc4)CC3)c2)CC1. The molecule has 1 amide bonds. The average Bonchev–Trinajstić information content (AvgIpc) is 2.85. The number of carbonyl (C=O) groups is 1. The molecule has 2 aromatic rings. The Labute approximate surface area is 207 Å². The lowest BCUT2D eigenvalue weighted by molar-refractivity contribution is 0.0650. The maximum atomic E-state index is 13.2. The second kappa shape index (κ2) is 11.0. The summed E-state index contributed by atoms with van der Waals surface area (Å²) in [7, 11) is -3.64. The zero-order valence-corrected chi connectivity index (χ0v) is 21.1. The maximum absolute atomic E-state index is 13.2. The molecule has 0 N–H and O–H groups in total. The predicted molar refractivity (Wildman–Crippen MR) is 136 cm³/mol. The average molecular weight is 502 g/mol. The summed E-state index contributed by atoms with van der Waals surface area (Å²) in [5, 5.41) is 0.282. The molecular formula is C26H32ClN3O3S. The molecule has 8 heteroatoms. The lowest BCUT2D eigenvalue weighted by Gasteiger charge is -2.34. The number of halogens is 1. The minimum Gasteiger partial charge on any atom is -0.336 e. The van der Waals surface area contributed by atoms with E-state index >= 15 is 0 Å². The quantitative estimate of drug-likeness (QED) is 0.594. The fraction of sp³-hybridized carbons (Fsp3) is 0.423. The summed E-state index contributed by atoms with van der Waals surface area (Å²) in [6.45, 7) is 6.65. The highest BCUT2D eigenvalue weighted by atomic mass is 35.5. The van der Waals surface area contributed by atoms with Crippen molar-refractivity contribution in [3.8, 4) is 0 Å². The molecule has 34 heavy (non-hydrogen) atoms. The van der Waals surface area contributed by atoms with E-state index in [9.17, 15) is 13.2 Å². The van der Waals surface area contributed by atoms with Crippen LogP contribution >= 0.6 is 11.6 Å². The van der Waals surface area contributed by atoms with Gasteiger partial charge < -0.3 is 4.90 Å². The first kappa shape index (κ1) is 24.9. The topological polar surface area (TPSA) is 60.9 Å². The van der Waals surface area contributed by atoms with E-state index in [1.54, 1.807) is 4.90 Å². The molecular weight excluding hydrogens is 470 g/mol. The van der Waals surface area contributed by atoms with E-state index in [0.29, 0.717) is 32.1 Å². The third kappa shape index (κ3) is 5.89. The van der Waals surface area contributed by atoms with Crippen LogP contribution < -0.4 is 0 Å². The van der Waals surface area contributed by atoms with Gasteiger partial charge in [-0.2, -0.15) is 4.31 Å². The second-order valence-corrected chi connectivity index (χ2v) is 11.5.